The Kier molecular flexibility index (Phi) is 5.48. The second-order valence-corrected chi connectivity index (χ2v) is 7.05. The van der Waals surface area contributed by atoms with Gasteiger partial charge in [0.25, 0.3) is 5.91 Å². The van der Waals surface area contributed by atoms with E-state index >= 15 is 0 Å². The second kappa shape index (κ2) is 7.82. The normalized spacial score (nSPS) is 19.7. The predicted molar refractivity (Wildman–Crippen MR) is 100 cm³/mol. The Morgan fingerprint density at radius 1 is 1.26 bits per heavy atom. The summed E-state index contributed by atoms with van der Waals surface area (Å²) in [6.45, 7) is 4.78. The van der Waals surface area contributed by atoms with Crippen molar-refractivity contribution in [3.05, 3.63) is 41.7 Å². The van der Waals surface area contributed by atoms with Crippen LogP contribution < -0.4 is 4.74 Å². The molecule has 1 N–H and O–H groups in total. The van der Waals surface area contributed by atoms with Crippen LogP contribution in [0.25, 0.3) is 5.69 Å². The highest BCUT2D eigenvalue weighted by atomic mass is 16.5. The Labute approximate surface area is 158 Å². The molecule has 0 spiro atoms. The van der Waals surface area contributed by atoms with Crippen LogP contribution in [0.15, 0.2) is 30.5 Å². The van der Waals surface area contributed by atoms with E-state index < -0.39 is 11.9 Å². The second-order valence-electron chi connectivity index (χ2n) is 7.05. The monoisotopic (exact) mass is 371 g/mol. The van der Waals surface area contributed by atoms with E-state index in [-0.39, 0.29) is 18.4 Å². The number of carboxylic acids is 1. The third-order valence-corrected chi connectivity index (χ3v) is 5.05. The molecule has 27 heavy (non-hydrogen) atoms. The number of carboxylic acid groups (broad SMARTS) is 1. The van der Waals surface area contributed by atoms with Gasteiger partial charge in [-0.2, -0.15) is 5.10 Å². The summed E-state index contributed by atoms with van der Waals surface area (Å²) in [5.74, 6) is -0.597. The van der Waals surface area contributed by atoms with Crippen LogP contribution in [0.4, 0.5) is 0 Å². The third-order valence-electron chi connectivity index (χ3n) is 5.05. The first kappa shape index (κ1) is 18.9. The van der Waals surface area contributed by atoms with Gasteiger partial charge in [0.15, 0.2) is 0 Å². The molecule has 0 aliphatic carbocycles. The maximum atomic E-state index is 13.1. The molecule has 1 aliphatic heterocycles. The zero-order valence-corrected chi connectivity index (χ0v) is 15.9. The summed E-state index contributed by atoms with van der Waals surface area (Å²) in [4.78, 5) is 26.2. The van der Waals surface area contributed by atoms with Crippen molar-refractivity contribution in [2.75, 3.05) is 20.2 Å². The van der Waals surface area contributed by atoms with Crippen molar-refractivity contribution < 1.29 is 19.4 Å². The number of hydrogen-bond donors (Lipinski definition) is 1. The van der Waals surface area contributed by atoms with Crippen molar-refractivity contribution in [2.45, 2.75) is 26.7 Å². The van der Waals surface area contributed by atoms with Gasteiger partial charge in [0.05, 0.1) is 36.2 Å². The van der Waals surface area contributed by atoms with Crippen LogP contribution >= 0.6 is 0 Å². The number of ether oxygens (including phenoxy) is 1. The molecule has 3 rings (SSSR count). The number of likely N-dealkylation sites (tertiary alicyclic amines) is 1. The lowest BCUT2D eigenvalue weighted by Crippen LogP contribution is -2.45. The van der Waals surface area contributed by atoms with Gasteiger partial charge in [0.1, 0.15) is 5.75 Å². The molecule has 2 atom stereocenters. The maximum Gasteiger partial charge on any atom is 0.308 e. The molecule has 1 aliphatic rings. The van der Waals surface area contributed by atoms with Gasteiger partial charge in [-0.05, 0) is 43.0 Å². The fourth-order valence-corrected chi connectivity index (χ4v) is 3.71. The molecular formula is C20H25N3O4. The number of aromatic nitrogens is 2. The first-order chi connectivity index (χ1) is 12.9. The summed E-state index contributed by atoms with van der Waals surface area (Å²) in [5.41, 5.74) is 2.20. The fourth-order valence-electron chi connectivity index (χ4n) is 3.71. The van der Waals surface area contributed by atoms with E-state index in [1.807, 2.05) is 38.1 Å². The van der Waals surface area contributed by atoms with Gasteiger partial charge in [0.2, 0.25) is 0 Å². The molecule has 1 fully saturated rings. The molecule has 0 bridgehead atoms. The van der Waals surface area contributed by atoms with Gasteiger partial charge < -0.3 is 14.7 Å². The minimum atomic E-state index is -0.844. The topological polar surface area (TPSA) is 84.7 Å². The first-order valence-electron chi connectivity index (χ1n) is 9.18. The Balaban J connectivity index is 1.89. The summed E-state index contributed by atoms with van der Waals surface area (Å²) in [5, 5.41) is 13.8. The highest BCUT2D eigenvalue weighted by Crippen LogP contribution is 2.25. The van der Waals surface area contributed by atoms with Crippen molar-refractivity contribution in [1.29, 1.82) is 0 Å². The van der Waals surface area contributed by atoms with Crippen molar-refractivity contribution in [2.24, 2.45) is 11.8 Å². The lowest BCUT2D eigenvalue weighted by atomic mass is 9.90. The summed E-state index contributed by atoms with van der Waals surface area (Å²) in [6.07, 6.45) is 2.82. The molecule has 7 heteroatoms. The summed E-state index contributed by atoms with van der Waals surface area (Å²) < 4.78 is 6.94. The van der Waals surface area contributed by atoms with Crippen molar-refractivity contribution in [3.63, 3.8) is 0 Å². The zero-order chi connectivity index (χ0) is 19.6. The standard InChI is InChI=1S/C20H25N3O4/c1-4-18-17(10-21-23(18)15-5-7-16(27-3)8-6-15)19(24)22-11-13(2)9-14(12-22)20(25)26/h5-8,10,13-14H,4,9,11-12H2,1-3H3,(H,25,26). The van der Waals surface area contributed by atoms with Crippen molar-refractivity contribution in [3.8, 4) is 11.4 Å². The SMILES string of the molecule is CCc1c(C(=O)N2CC(C)CC(C(=O)O)C2)cnn1-c1ccc(OC)cc1. The Morgan fingerprint density at radius 3 is 2.56 bits per heavy atom. The van der Waals surface area contributed by atoms with E-state index in [9.17, 15) is 14.7 Å². The minimum Gasteiger partial charge on any atom is -0.497 e. The number of carbonyl (C=O) groups is 2. The van der Waals surface area contributed by atoms with E-state index in [0.717, 1.165) is 17.1 Å². The van der Waals surface area contributed by atoms with E-state index in [4.69, 9.17) is 4.74 Å². The van der Waals surface area contributed by atoms with Gasteiger partial charge in [-0.25, -0.2) is 4.68 Å². The highest BCUT2D eigenvalue weighted by Gasteiger charge is 2.33. The number of piperidine rings is 1. The molecule has 2 aromatic rings. The van der Waals surface area contributed by atoms with Crippen LogP contribution in [0.5, 0.6) is 5.75 Å². The Hall–Kier alpha value is -2.83. The van der Waals surface area contributed by atoms with Crippen LogP contribution in [0.3, 0.4) is 0 Å². The summed E-state index contributed by atoms with van der Waals surface area (Å²) >= 11 is 0. The average molecular weight is 371 g/mol. The molecule has 1 aromatic carbocycles. The number of aliphatic carboxylic acids is 1. The lowest BCUT2D eigenvalue weighted by molar-refractivity contribution is -0.143. The molecule has 0 radical (unpaired) electrons. The van der Waals surface area contributed by atoms with Crippen LogP contribution in [-0.4, -0.2) is 51.9 Å². The minimum absolute atomic E-state index is 0.149. The van der Waals surface area contributed by atoms with Gasteiger partial charge in [-0.1, -0.05) is 13.8 Å². The van der Waals surface area contributed by atoms with E-state index in [2.05, 4.69) is 5.10 Å². The summed E-state index contributed by atoms with van der Waals surface area (Å²) in [7, 11) is 1.61. The van der Waals surface area contributed by atoms with Crippen LogP contribution in [0, 0.1) is 11.8 Å². The van der Waals surface area contributed by atoms with E-state index in [1.54, 1.807) is 22.9 Å². The number of carbonyl (C=O) groups excluding carboxylic acids is 1. The number of benzene rings is 1. The molecule has 1 saturated heterocycles. The number of amides is 1. The molecular weight excluding hydrogens is 346 g/mol. The summed E-state index contributed by atoms with van der Waals surface area (Å²) in [6, 6.07) is 7.48. The fraction of sp³-hybridized carbons (Fsp3) is 0.450. The smallest absolute Gasteiger partial charge is 0.308 e. The molecule has 144 valence electrons. The molecule has 1 amide bonds. The van der Waals surface area contributed by atoms with Crippen molar-refractivity contribution in [1.82, 2.24) is 14.7 Å². The maximum absolute atomic E-state index is 13.1. The lowest BCUT2D eigenvalue weighted by Gasteiger charge is -2.34. The van der Waals surface area contributed by atoms with E-state index in [0.29, 0.717) is 24.9 Å². The van der Waals surface area contributed by atoms with Crippen LogP contribution in [0.1, 0.15) is 36.3 Å². The van der Waals surface area contributed by atoms with Crippen molar-refractivity contribution >= 4 is 11.9 Å². The Bertz CT molecular complexity index is 828. The number of nitrogens with zero attached hydrogens (tertiary/aromatic N) is 3. The third kappa shape index (κ3) is 3.82. The number of hydrogen-bond acceptors (Lipinski definition) is 4. The van der Waals surface area contributed by atoms with E-state index in [1.165, 1.54) is 0 Å². The molecule has 2 unspecified atom stereocenters. The van der Waals surface area contributed by atoms with Crippen LogP contribution in [-0.2, 0) is 11.2 Å². The first-order valence-corrected chi connectivity index (χ1v) is 9.18. The zero-order valence-electron chi connectivity index (χ0n) is 15.9. The van der Waals surface area contributed by atoms with Gasteiger partial charge in [-0.15, -0.1) is 0 Å². The van der Waals surface area contributed by atoms with Gasteiger partial charge in [0, 0.05) is 13.1 Å². The molecule has 2 heterocycles. The molecule has 7 nitrogen and oxygen atoms in total. The highest BCUT2D eigenvalue weighted by molar-refractivity contribution is 5.95. The largest absolute Gasteiger partial charge is 0.497 e. The molecule has 0 saturated carbocycles. The number of methoxy groups -OCH3 is 1. The quantitative estimate of drug-likeness (QED) is 0.873. The average Bonchev–Trinajstić information content (AvgIpc) is 3.10. The molecule has 1 aromatic heterocycles. The number of rotatable bonds is 5. The van der Waals surface area contributed by atoms with Gasteiger partial charge >= 0.3 is 5.97 Å². The Morgan fingerprint density at radius 2 is 1.96 bits per heavy atom. The van der Waals surface area contributed by atoms with Crippen LogP contribution in [0.2, 0.25) is 0 Å². The predicted octanol–water partition coefficient (Wildman–Crippen LogP) is 2.63. The van der Waals surface area contributed by atoms with Gasteiger partial charge in [-0.3, -0.25) is 9.59 Å².